The van der Waals surface area contributed by atoms with Crippen LogP contribution >= 0.6 is 0 Å². The van der Waals surface area contributed by atoms with Crippen molar-refractivity contribution < 1.29 is 5.11 Å². The molecule has 4 nitrogen and oxygen atoms in total. The molecule has 4 heteroatoms. The smallest absolute Gasteiger partial charge is 0.253 e. The molecule has 1 N–H and O–H groups in total. The van der Waals surface area contributed by atoms with Crippen LogP contribution in [0.3, 0.4) is 0 Å². The summed E-state index contributed by atoms with van der Waals surface area (Å²) < 4.78 is 1.54. The lowest BCUT2D eigenvalue weighted by Gasteiger charge is -2.05. The van der Waals surface area contributed by atoms with Crippen molar-refractivity contribution in [2.24, 2.45) is 0 Å². The molecule has 0 atom stereocenters. The highest BCUT2D eigenvalue weighted by molar-refractivity contribution is 5.22. The summed E-state index contributed by atoms with van der Waals surface area (Å²) in [7, 11) is 0. The first-order chi connectivity index (χ1) is 7.79. The first kappa shape index (κ1) is 10.6. The summed E-state index contributed by atoms with van der Waals surface area (Å²) in [6, 6.07) is 8.91. The molecule has 0 fully saturated rings. The van der Waals surface area contributed by atoms with Gasteiger partial charge in [0.15, 0.2) is 0 Å². The van der Waals surface area contributed by atoms with Gasteiger partial charge in [-0.1, -0.05) is 24.3 Å². The second kappa shape index (κ2) is 4.72. The summed E-state index contributed by atoms with van der Waals surface area (Å²) in [5, 5.41) is 8.90. The Morgan fingerprint density at radius 2 is 1.81 bits per heavy atom. The first-order valence-electron chi connectivity index (χ1n) is 4.99. The number of hydrogen-bond acceptors (Lipinski definition) is 3. The molecule has 1 aromatic heterocycles. The molecule has 0 saturated carbocycles. The molecule has 0 saturated heterocycles. The van der Waals surface area contributed by atoms with Gasteiger partial charge < -0.3 is 5.11 Å². The average Bonchev–Trinajstić information content (AvgIpc) is 2.33. The van der Waals surface area contributed by atoms with Crippen LogP contribution in [0.5, 0.6) is 0 Å². The summed E-state index contributed by atoms with van der Waals surface area (Å²) in [4.78, 5) is 15.3. The van der Waals surface area contributed by atoms with E-state index in [1.165, 1.54) is 23.2 Å². The minimum absolute atomic E-state index is 0.0348. The van der Waals surface area contributed by atoms with E-state index in [4.69, 9.17) is 5.11 Å². The van der Waals surface area contributed by atoms with E-state index in [2.05, 4.69) is 4.98 Å². The second-order valence-corrected chi connectivity index (χ2v) is 3.52. The lowest BCUT2D eigenvalue weighted by Crippen LogP contribution is -2.19. The minimum Gasteiger partial charge on any atom is -0.392 e. The normalized spacial score (nSPS) is 10.3. The van der Waals surface area contributed by atoms with E-state index >= 15 is 0 Å². The van der Waals surface area contributed by atoms with Crippen LogP contribution in [0.1, 0.15) is 11.1 Å². The summed E-state index contributed by atoms with van der Waals surface area (Å²) in [5.74, 6) is 0. The lowest BCUT2D eigenvalue weighted by atomic mass is 10.1. The zero-order chi connectivity index (χ0) is 11.4. The third-order valence-electron chi connectivity index (χ3n) is 2.35. The van der Waals surface area contributed by atoms with Crippen LogP contribution in [0.4, 0.5) is 0 Å². The van der Waals surface area contributed by atoms with E-state index in [0.717, 1.165) is 11.1 Å². The van der Waals surface area contributed by atoms with Crippen molar-refractivity contribution in [1.82, 2.24) is 9.55 Å². The number of aliphatic hydroxyl groups excluding tert-OH is 1. The number of aliphatic hydroxyl groups is 1. The quantitative estimate of drug-likeness (QED) is 0.825. The fourth-order valence-corrected chi connectivity index (χ4v) is 1.44. The van der Waals surface area contributed by atoms with E-state index in [-0.39, 0.29) is 12.2 Å². The molecule has 0 aliphatic heterocycles. The van der Waals surface area contributed by atoms with Crippen molar-refractivity contribution in [1.29, 1.82) is 0 Å². The highest BCUT2D eigenvalue weighted by atomic mass is 16.3. The Balaban J connectivity index is 2.21. The fraction of sp³-hybridized carbons (Fsp3) is 0.167. The predicted molar refractivity (Wildman–Crippen MR) is 60.0 cm³/mol. The third kappa shape index (κ3) is 2.35. The topological polar surface area (TPSA) is 55.1 Å². The van der Waals surface area contributed by atoms with Crippen molar-refractivity contribution in [3.8, 4) is 0 Å². The van der Waals surface area contributed by atoms with Crippen LogP contribution in [0, 0.1) is 0 Å². The van der Waals surface area contributed by atoms with Gasteiger partial charge in [0.05, 0.1) is 19.5 Å². The maximum absolute atomic E-state index is 11.4. The SMILES string of the molecule is O=c1ccncn1Cc1ccc(CO)cc1. The highest BCUT2D eigenvalue weighted by Crippen LogP contribution is 2.05. The molecule has 0 bridgehead atoms. The Labute approximate surface area is 92.8 Å². The van der Waals surface area contributed by atoms with Crippen LogP contribution in [0.25, 0.3) is 0 Å². The molecule has 0 unspecified atom stereocenters. The van der Waals surface area contributed by atoms with Gasteiger partial charge in [0.2, 0.25) is 0 Å². The van der Waals surface area contributed by atoms with Gasteiger partial charge in [-0.25, -0.2) is 4.98 Å². The van der Waals surface area contributed by atoms with Gasteiger partial charge in [-0.15, -0.1) is 0 Å². The number of rotatable bonds is 3. The van der Waals surface area contributed by atoms with Gasteiger partial charge in [-0.2, -0.15) is 0 Å². The molecule has 1 aromatic carbocycles. The van der Waals surface area contributed by atoms with Crippen molar-refractivity contribution >= 4 is 0 Å². The van der Waals surface area contributed by atoms with Crippen LogP contribution in [0.2, 0.25) is 0 Å². The fourth-order valence-electron chi connectivity index (χ4n) is 1.44. The first-order valence-corrected chi connectivity index (χ1v) is 4.99. The summed E-state index contributed by atoms with van der Waals surface area (Å²) in [6.07, 6.45) is 3.00. The zero-order valence-corrected chi connectivity index (χ0v) is 8.71. The Bertz CT molecular complexity index is 517. The maximum atomic E-state index is 11.4. The van der Waals surface area contributed by atoms with Crippen LogP contribution in [-0.4, -0.2) is 14.7 Å². The van der Waals surface area contributed by atoms with E-state index in [1.54, 1.807) is 0 Å². The Morgan fingerprint density at radius 1 is 1.12 bits per heavy atom. The van der Waals surface area contributed by atoms with Gasteiger partial charge in [-0.05, 0) is 11.1 Å². The number of benzene rings is 1. The molecule has 0 spiro atoms. The number of aromatic nitrogens is 2. The monoisotopic (exact) mass is 216 g/mol. The molecule has 0 amide bonds. The molecule has 82 valence electrons. The number of nitrogens with zero attached hydrogens (tertiary/aromatic N) is 2. The number of hydrogen-bond donors (Lipinski definition) is 1. The van der Waals surface area contributed by atoms with Crippen LogP contribution in [0.15, 0.2) is 47.7 Å². The van der Waals surface area contributed by atoms with Crippen molar-refractivity contribution in [2.45, 2.75) is 13.2 Å². The Hall–Kier alpha value is -1.94. The van der Waals surface area contributed by atoms with Crippen LogP contribution in [-0.2, 0) is 13.2 Å². The second-order valence-electron chi connectivity index (χ2n) is 3.52. The van der Waals surface area contributed by atoms with Gasteiger partial charge in [0.25, 0.3) is 5.56 Å². The zero-order valence-electron chi connectivity index (χ0n) is 8.71. The standard InChI is InChI=1S/C12H12N2O2/c15-8-11-3-1-10(2-4-11)7-14-9-13-6-5-12(14)16/h1-6,9,15H,7-8H2. The van der Waals surface area contributed by atoms with Crippen LogP contribution < -0.4 is 5.56 Å². The molecule has 0 radical (unpaired) electrons. The van der Waals surface area contributed by atoms with E-state index in [0.29, 0.717) is 6.54 Å². The highest BCUT2D eigenvalue weighted by Gasteiger charge is 1.97. The lowest BCUT2D eigenvalue weighted by molar-refractivity contribution is 0.282. The molecule has 0 aliphatic rings. The molecule has 16 heavy (non-hydrogen) atoms. The minimum atomic E-state index is -0.0683. The van der Waals surface area contributed by atoms with Gasteiger partial charge >= 0.3 is 0 Å². The van der Waals surface area contributed by atoms with Gasteiger partial charge in [0, 0.05) is 12.3 Å². The molecular formula is C12H12N2O2. The largest absolute Gasteiger partial charge is 0.392 e. The summed E-state index contributed by atoms with van der Waals surface area (Å²) in [6.45, 7) is 0.533. The van der Waals surface area contributed by atoms with E-state index in [9.17, 15) is 4.79 Å². The average molecular weight is 216 g/mol. The summed E-state index contributed by atoms with van der Waals surface area (Å²) >= 11 is 0. The Kier molecular flexibility index (Phi) is 3.12. The molecule has 0 aliphatic carbocycles. The van der Waals surface area contributed by atoms with Crippen molar-refractivity contribution in [3.05, 3.63) is 64.3 Å². The Morgan fingerprint density at radius 3 is 2.44 bits per heavy atom. The molecule has 2 aromatic rings. The molecular weight excluding hydrogens is 204 g/mol. The van der Waals surface area contributed by atoms with E-state index in [1.807, 2.05) is 24.3 Å². The molecule has 1 heterocycles. The van der Waals surface area contributed by atoms with E-state index < -0.39 is 0 Å². The van der Waals surface area contributed by atoms with Crippen molar-refractivity contribution in [3.63, 3.8) is 0 Å². The van der Waals surface area contributed by atoms with Crippen molar-refractivity contribution in [2.75, 3.05) is 0 Å². The molecule has 2 rings (SSSR count). The van der Waals surface area contributed by atoms with Gasteiger partial charge in [0.1, 0.15) is 0 Å². The van der Waals surface area contributed by atoms with Gasteiger partial charge in [-0.3, -0.25) is 9.36 Å². The summed E-state index contributed by atoms with van der Waals surface area (Å²) in [5.41, 5.74) is 1.80. The predicted octanol–water partition coefficient (Wildman–Crippen LogP) is 0.784. The third-order valence-corrected chi connectivity index (χ3v) is 2.35. The maximum Gasteiger partial charge on any atom is 0.253 e.